The predicted octanol–water partition coefficient (Wildman–Crippen LogP) is 3.57. The first-order valence-corrected chi connectivity index (χ1v) is 6.80. The fourth-order valence-electron chi connectivity index (χ4n) is 2.92. The first-order valence-electron chi connectivity index (χ1n) is 6.80. The van der Waals surface area contributed by atoms with Gasteiger partial charge < -0.3 is 9.67 Å². The molecule has 1 N–H and O–H groups in total. The van der Waals surface area contributed by atoms with Crippen LogP contribution in [-0.2, 0) is 12.6 Å². The molecule has 0 radical (unpaired) electrons. The summed E-state index contributed by atoms with van der Waals surface area (Å²) >= 11 is 0. The molecule has 3 nitrogen and oxygen atoms in total. The van der Waals surface area contributed by atoms with E-state index >= 15 is 0 Å². The topological polar surface area (TPSA) is 38.0 Å². The van der Waals surface area contributed by atoms with E-state index in [2.05, 4.69) is 4.98 Å². The Morgan fingerprint density at radius 3 is 2.71 bits per heavy atom. The number of rotatable bonds is 1. The van der Waals surface area contributed by atoms with E-state index in [1.165, 1.54) is 12.3 Å². The molecule has 0 bridgehead atoms. The van der Waals surface area contributed by atoms with Gasteiger partial charge >= 0.3 is 6.18 Å². The van der Waals surface area contributed by atoms with E-state index in [4.69, 9.17) is 0 Å². The van der Waals surface area contributed by atoms with Gasteiger partial charge in [-0.25, -0.2) is 4.98 Å². The molecule has 0 aliphatic heterocycles. The number of alkyl halides is 3. The third kappa shape index (κ3) is 2.44. The SMILES string of the molecule is Cc1cc2c(n1-c1ccc(C(F)(F)F)nc1)CCCC2O. The zero-order valence-corrected chi connectivity index (χ0v) is 11.5. The molecule has 3 rings (SSSR count). The summed E-state index contributed by atoms with van der Waals surface area (Å²) in [7, 11) is 0. The lowest BCUT2D eigenvalue weighted by molar-refractivity contribution is -0.141. The minimum Gasteiger partial charge on any atom is -0.388 e. The Hall–Kier alpha value is -1.82. The first kappa shape index (κ1) is 14.1. The molecule has 1 aliphatic carbocycles. The lowest BCUT2D eigenvalue weighted by Crippen LogP contribution is -2.12. The fraction of sp³-hybridized carbons (Fsp3) is 0.400. The van der Waals surface area contributed by atoms with Crippen LogP contribution in [0.15, 0.2) is 24.4 Å². The molecule has 2 aromatic rings. The van der Waals surface area contributed by atoms with Crippen molar-refractivity contribution in [1.82, 2.24) is 9.55 Å². The molecule has 2 heterocycles. The highest BCUT2D eigenvalue weighted by Crippen LogP contribution is 2.34. The van der Waals surface area contributed by atoms with Gasteiger partial charge in [0.2, 0.25) is 0 Å². The van der Waals surface area contributed by atoms with E-state index in [1.54, 1.807) is 0 Å². The van der Waals surface area contributed by atoms with Gasteiger partial charge in [-0.2, -0.15) is 13.2 Å². The lowest BCUT2D eigenvalue weighted by atomic mass is 9.95. The van der Waals surface area contributed by atoms with Crippen molar-refractivity contribution < 1.29 is 18.3 Å². The number of aliphatic hydroxyl groups is 1. The Morgan fingerprint density at radius 1 is 1.33 bits per heavy atom. The molecule has 1 atom stereocenters. The number of aliphatic hydroxyl groups excluding tert-OH is 1. The third-order valence-electron chi connectivity index (χ3n) is 3.87. The molecule has 0 saturated heterocycles. The van der Waals surface area contributed by atoms with Crippen LogP contribution in [0.2, 0.25) is 0 Å². The van der Waals surface area contributed by atoms with Gasteiger partial charge in [-0.05, 0) is 44.4 Å². The van der Waals surface area contributed by atoms with E-state index < -0.39 is 18.0 Å². The molecular formula is C15H15F3N2O. The summed E-state index contributed by atoms with van der Waals surface area (Å²) in [4.78, 5) is 3.51. The molecule has 0 saturated carbocycles. The second kappa shape index (κ2) is 4.87. The van der Waals surface area contributed by atoms with Gasteiger partial charge in [-0.1, -0.05) is 0 Å². The van der Waals surface area contributed by atoms with Gasteiger partial charge in [0.15, 0.2) is 0 Å². The van der Waals surface area contributed by atoms with Crippen molar-refractivity contribution in [1.29, 1.82) is 0 Å². The average molecular weight is 296 g/mol. The van der Waals surface area contributed by atoms with Crippen molar-refractivity contribution in [2.75, 3.05) is 0 Å². The van der Waals surface area contributed by atoms with E-state index in [-0.39, 0.29) is 0 Å². The maximum atomic E-state index is 12.6. The number of fused-ring (bicyclic) bond motifs is 1. The fourth-order valence-corrected chi connectivity index (χ4v) is 2.92. The van der Waals surface area contributed by atoms with Gasteiger partial charge in [0, 0.05) is 17.0 Å². The minimum atomic E-state index is -4.43. The minimum absolute atomic E-state index is 0.490. The Morgan fingerprint density at radius 2 is 2.10 bits per heavy atom. The predicted molar refractivity (Wildman–Crippen MR) is 71.2 cm³/mol. The van der Waals surface area contributed by atoms with E-state index in [0.29, 0.717) is 5.69 Å². The number of aryl methyl sites for hydroxylation is 1. The summed E-state index contributed by atoms with van der Waals surface area (Å²) < 4.78 is 39.6. The monoisotopic (exact) mass is 296 g/mol. The maximum Gasteiger partial charge on any atom is 0.433 e. The number of hydrogen-bond donors (Lipinski definition) is 1. The summed E-state index contributed by atoms with van der Waals surface area (Å²) in [6.07, 6.45) is -1.29. The van der Waals surface area contributed by atoms with Crippen molar-refractivity contribution in [3.8, 4) is 5.69 Å². The van der Waals surface area contributed by atoms with Crippen molar-refractivity contribution in [2.45, 2.75) is 38.5 Å². The third-order valence-corrected chi connectivity index (χ3v) is 3.87. The largest absolute Gasteiger partial charge is 0.433 e. The van der Waals surface area contributed by atoms with E-state index in [1.807, 2.05) is 17.6 Å². The molecule has 0 spiro atoms. The zero-order chi connectivity index (χ0) is 15.2. The number of nitrogens with zero attached hydrogens (tertiary/aromatic N) is 2. The quantitative estimate of drug-likeness (QED) is 0.873. The van der Waals surface area contributed by atoms with Crippen LogP contribution < -0.4 is 0 Å². The second-order valence-electron chi connectivity index (χ2n) is 5.33. The number of hydrogen-bond acceptors (Lipinski definition) is 2. The summed E-state index contributed by atoms with van der Waals surface area (Å²) in [5, 5.41) is 10.0. The summed E-state index contributed by atoms with van der Waals surface area (Å²) in [6.45, 7) is 1.88. The molecule has 1 unspecified atom stereocenters. The van der Waals surface area contributed by atoms with Gasteiger partial charge in [-0.15, -0.1) is 0 Å². The lowest BCUT2D eigenvalue weighted by Gasteiger charge is -2.20. The molecule has 0 aromatic carbocycles. The van der Waals surface area contributed by atoms with Crippen molar-refractivity contribution in [2.24, 2.45) is 0 Å². The van der Waals surface area contributed by atoms with Crippen LogP contribution in [0.1, 0.15) is 41.6 Å². The highest BCUT2D eigenvalue weighted by Gasteiger charge is 2.32. The highest BCUT2D eigenvalue weighted by atomic mass is 19.4. The van der Waals surface area contributed by atoms with E-state index in [9.17, 15) is 18.3 Å². The number of pyridine rings is 1. The Kier molecular flexibility index (Phi) is 3.28. The molecule has 0 amide bonds. The average Bonchev–Trinajstić information content (AvgIpc) is 2.76. The van der Waals surface area contributed by atoms with Gasteiger partial charge in [0.05, 0.1) is 18.0 Å². The summed E-state index contributed by atoms with van der Waals surface area (Å²) in [5.74, 6) is 0. The van der Waals surface area contributed by atoms with Gasteiger partial charge in [0.25, 0.3) is 0 Å². The maximum absolute atomic E-state index is 12.6. The molecule has 6 heteroatoms. The Labute approximate surface area is 120 Å². The second-order valence-corrected chi connectivity index (χ2v) is 5.33. The molecule has 112 valence electrons. The van der Waals surface area contributed by atoms with Crippen molar-refractivity contribution in [3.05, 3.63) is 47.0 Å². The van der Waals surface area contributed by atoms with Crippen LogP contribution in [0.5, 0.6) is 0 Å². The zero-order valence-electron chi connectivity index (χ0n) is 11.5. The van der Waals surface area contributed by atoms with Gasteiger partial charge in [0.1, 0.15) is 5.69 Å². The first-order chi connectivity index (χ1) is 9.88. The van der Waals surface area contributed by atoms with Crippen LogP contribution in [-0.4, -0.2) is 14.7 Å². The van der Waals surface area contributed by atoms with Crippen LogP contribution in [0, 0.1) is 6.92 Å². The smallest absolute Gasteiger partial charge is 0.388 e. The van der Waals surface area contributed by atoms with Crippen LogP contribution in [0.4, 0.5) is 13.2 Å². The molecule has 2 aromatic heterocycles. The molecule has 21 heavy (non-hydrogen) atoms. The molecule has 1 aliphatic rings. The number of aromatic nitrogens is 2. The Balaban J connectivity index is 2.05. The highest BCUT2D eigenvalue weighted by molar-refractivity contribution is 5.42. The normalized spacial score (nSPS) is 18.6. The molecule has 0 fully saturated rings. The summed E-state index contributed by atoms with van der Waals surface area (Å²) in [5.41, 5.74) is 2.43. The number of halogens is 3. The Bertz CT molecular complexity index is 659. The molecular weight excluding hydrogens is 281 g/mol. The van der Waals surface area contributed by atoms with E-state index in [0.717, 1.165) is 42.3 Å². The standard InChI is InChI=1S/C15H15F3N2O/c1-9-7-11-12(3-2-4-13(11)21)20(9)10-5-6-14(19-8-10)15(16,17)18/h5-8,13,21H,2-4H2,1H3. The van der Waals surface area contributed by atoms with Crippen LogP contribution in [0.25, 0.3) is 5.69 Å². The van der Waals surface area contributed by atoms with Gasteiger partial charge in [-0.3, -0.25) is 0 Å². The van der Waals surface area contributed by atoms with Crippen LogP contribution in [0.3, 0.4) is 0 Å². The van der Waals surface area contributed by atoms with Crippen molar-refractivity contribution in [3.63, 3.8) is 0 Å². The summed E-state index contributed by atoms with van der Waals surface area (Å²) in [6, 6.07) is 4.31. The van der Waals surface area contributed by atoms with Crippen molar-refractivity contribution >= 4 is 0 Å². The van der Waals surface area contributed by atoms with Crippen LogP contribution >= 0.6 is 0 Å².